The van der Waals surface area contributed by atoms with Crippen molar-refractivity contribution in [3.8, 4) is 0 Å². The second kappa shape index (κ2) is 5.43. The number of hydrogen-bond donors (Lipinski definition) is 1. The van der Waals surface area contributed by atoms with E-state index < -0.39 is 0 Å². The van der Waals surface area contributed by atoms with Gasteiger partial charge in [-0.1, -0.05) is 19.0 Å². The number of rotatable bonds is 3. The monoisotopic (exact) mass is 285 g/mol. The van der Waals surface area contributed by atoms with E-state index in [1.54, 1.807) is 0 Å². The van der Waals surface area contributed by atoms with Crippen molar-refractivity contribution < 1.29 is 4.52 Å². The average Bonchev–Trinajstić information content (AvgIpc) is 2.76. The van der Waals surface area contributed by atoms with Crippen LogP contribution in [0.1, 0.15) is 30.8 Å². The van der Waals surface area contributed by atoms with Crippen LogP contribution < -0.4 is 5.32 Å². The maximum Gasteiger partial charge on any atom is 0.227 e. The first-order valence-corrected chi connectivity index (χ1v) is 8.52. The first kappa shape index (κ1) is 12.8. The van der Waals surface area contributed by atoms with Crippen molar-refractivity contribution in [3.63, 3.8) is 0 Å². The van der Waals surface area contributed by atoms with Crippen LogP contribution in [0.15, 0.2) is 4.52 Å². The van der Waals surface area contributed by atoms with E-state index >= 15 is 0 Å². The van der Waals surface area contributed by atoms with E-state index in [9.17, 15) is 0 Å². The summed E-state index contributed by atoms with van der Waals surface area (Å²) in [5, 5.41) is 9.22. The lowest BCUT2D eigenvalue weighted by Gasteiger charge is -2.29. The Morgan fingerprint density at radius 3 is 2.83 bits per heavy atom. The number of aromatic nitrogens is 2. The average molecular weight is 285 g/mol. The van der Waals surface area contributed by atoms with Gasteiger partial charge >= 0.3 is 0 Å². The van der Waals surface area contributed by atoms with Gasteiger partial charge in [-0.3, -0.25) is 0 Å². The van der Waals surface area contributed by atoms with E-state index in [1.165, 1.54) is 0 Å². The molecule has 0 radical (unpaired) electrons. The molecule has 0 amide bonds. The largest absolute Gasteiger partial charge is 0.339 e. The Bertz CT molecular complexity index is 408. The zero-order chi connectivity index (χ0) is 12.5. The van der Waals surface area contributed by atoms with Gasteiger partial charge in [-0.15, -0.1) is 11.8 Å². The minimum Gasteiger partial charge on any atom is -0.339 e. The third-order valence-electron chi connectivity index (χ3n) is 3.65. The normalized spacial score (nSPS) is 33.3. The van der Waals surface area contributed by atoms with Gasteiger partial charge in [-0.25, -0.2) is 0 Å². The summed E-state index contributed by atoms with van der Waals surface area (Å²) in [6.07, 6.45) is 0.927. The predicted molar refractivity (Wildman–Crippen MR) is 76.1 cm³/mol. The number of thioether (sulfide) groups is 2. The molecule has 3 heterocycles. The van der Waals surface area contributed by atoms with E-state index in [0.29, 0.717) is 16.4 Å². The zero-order valence-corrected chi connectivity index (χ0v) is 12.4. The van der Waals surface area contributed by atoms with E-state index in [-0.39, 0.29) is 0 Å². The van der Waals surface area contributed by atoms with Crippen LogP contribution in [0.3, 0.4) is 0 Å². The Kier molecular flexibility index (Phi) is 3.86. The standard InChI is InChI=1S/C12H19N3OS2/c1-7-8(2)18-10(6-17-7)12-14-11(16-15-12)3-9-4-13-5-9/h7-10,13H,3-6H2,1-2H3. The van der Waals surface area contributed by atoms with Crippen molar-refractivity contribution >= 4 is 23.5 Å². The van der Waals surface area contributed by atoms with Gasteiger partial charge in [-0.05, 0) is 19.0 Å². The molecule has 3 atom stereocenters. The first-order chi connectivity index (χ1) is 8.72. The van der Waals surface area contributed by atoms with Crippen LogP contribution in [-0.2, 0) is 6.42 Å². The molecule has 0 aliphatic carbocycles. The molecule has 6 heteroatoms. The van der Waals surface area contributed by atoms with E-state index in [1.807, 2.05) is 23.5 Å². The minimum atomic E-state index is 0.401. The first-order valence-electron chi connectivity index (χ1n) is 6.52. The van der Waals surface area contributed by atoms with Crippen molar-refractivity contribution in [1.29, 1.82) is 0 Å². The van der Waals surface area contributed by atoms with Crippen LogP contribution in [0.4, 0.5) is 0 Å². The molecule has 3 unspecified atom stereocenters. The van der Waals surface area contributed by atoms with Crippen LogP contribution in [0.25, 0.3) is 0 Å². The van der Waals surface area contributed by atoms with Crippen molar-refractivity contribution in [2.75, 3.05) is 18.8 Å². The van der Waals surface area contributed by atoms with Gasteiger partial charge in [0.1, 0.15) is 0 Å². The van der Waals surface area contributed by atoms with E-state index in [2.05, 4.69) is 29.3 Å². The van der Waals surface area contributed by atoms with Gasteiger partial charge in [-0.2, -0.15) is 16.7 Å². The molecule has 2 fully saturated rings. The van der Waals surface area contributed by atoms with E-state index in [0.717, 1.165) is 42.2 Å². The van der Waals surface area contributed by atoms with E-state index in [4.69, 9.17) is 4.52 Å². The van der Waals surface area contributed by atoms with Gasteiger partial charge < -0.3 is 9.84 Å². The Labute approximate surface area is 116 Å². The molecule has 2 saturated heterocycles. The second-order valence-electron chi connectivity index (χ2n) is 5.14. The quantitative estimate of drug-likeness (QED) is 0.918. The summed E-state index contributed by atoms with van der Waals surface area (Å²) >= 11 is 4.00. The molecule has 0 bridgehead atoms. The summed E-state index contributed by atoms with van der Waals surface area (Å²) in [7, 11) is 0. The molecule has 1 N–H and O–H groups in total. The van der Waals surface area contributed by atoms with Crippen LogP contribution in [0, 0.1) is 5.92 Å². The summed E-state index contributed by atoms with van der Waals surface area (Å²) < 4.78 is 5.37. The molecule has 3 rings (SSSR count). The van der Waals surface area contributed by atoms with Crippen LogP contribution in [-0.4, -0.2) is 39.5 Å². The fraction of sp³-hybridized carbons (Fsp3) is 0.833. The summed E-state index contributed by atoms with van der Waals surface area (Å²) in [4.78, 5) is 4.58. The molecule has 0 spiro atoms. The van der Waals surface area contributed by atoms with Gasteiger partial charge in [0, 0.05) is 22.7 Å². The predicted octanol–water partition coefficient (Wildman–Crippen LogP) is 2.13. The Balaban J connectivity index is 1.61. The molecule has 0 aromatic carbocycles. The molecule has 2 aliphatic rings. The highest BCUT2D eigenvalue weighted by Gasteiger charge is 2.30. The molecule has 100 valence electrons. The summed E-state index contributed by atoms with van der Waals surface area (Å²) in [6, 6.07) is 0. The number of nitrogens with zero attached hydrogens (tertiary/aromatic N) is 2. The maximum atomic E-state index is 5.37. The molecule has 0 saturated carbocycles. The summed E-state index contributed by atoms with van der Waals surface area (Å²) in [5.74, 6) is 3.49. The lowest BCUT2D eigenvalue weighted by Crippen LogP contribution is -2.43. The van der Waals surface area contributed by atoms with Gasteiger partial charge in [0.25, 0.3) is 0 Å². The molecule has 2 aliphatic heterocycles. The molecular formula is C12H19N3OS2. The minimum absolute atomic E-state index is 0.401. The Morgan fingerprint density at radius 1 is 1.33 bits per heavy atom. The molecular weight excluding hydrogens is 266 g/mol. The van der Waals surface area contributed by atoms with Crippen molar-refractivity contribution in [1.82, 2.24) is 15.5 Å². The Hall–Kier alpha value is -0.200. The highest BCUT2D eigenvalue weighted by molar-refractivity contribution is 8.07. The smallest absolute Gasteiger partial charge is 0.227 e. The zero-order valence-electron chi connectivity index (χ0n) is 10.8. The molecule has 1 aromatic rings. The molecule has 1 aromatic heterocycles. The fourth-order valence-electron chi connectivity index (χ4n) is 2.14. The summed E-state index contributed by atoms with van der Waals surface area (Å²) in [5.41, 5.74) is 0. The maximum absolute atomic E-state index is 5.37. The number of nitrogens with one attached hydrogen (secondary N) is 1. The molecule has 18 heavy (non-hydrogen) atoms. The highest BCUT2D eigenvalue weighted by Crippen LogP contribution is 2.43. The van der Waals surface area contributed by atoms with Crippen molar-refractivity contribution in [2.45, 2.75) is 36.0 Å². The lowest BCUT2D eigenvalue weighted by molar-refractivity contribution is 0.295. The fourth-order valence-corrected chi connectivity index (χ4v) is 4.97. The van der Waals surface area contributed by atoms with Crippen molar-refractivity contribution in [2.24, 2.45) is 5.92 Å². The SMILES string of the molecule is CC1SCC(c2noc(CC3CNC3)n2)SC1C. The van der Waals surface area contributed by atoms with Crippen LogP contribution >= 0.6 is 23.5 Å². The van der Waals surface area contributed by atoms with Gasteiger partial charge in [0.2, 0.25) is 5.89 Å². The topological polar surface area (TPSA) is 51.0 Å². The third kappa shape index (κ3) is 2.70. The molecule has 4 nitrogen and oxygen atoms in total. The van der Waals surface area contributed by atoms with Crippen molar-refractivity contribution in [3.05, 3.63) is 11.7 Å². The Morgan fingerprint density at radius 2 is 2.17 bits per heavy atom. The van der Waals surface area contributed by atoms with Gasteiger partial charge in [0.15, 0.2) is 5.82 Å². The van der Waals surface area contributed by atoms with Crippen LogP contribution in [0.2, 0.25) is 0 Å². The van der Waals surface area contributed by atoms with Gasteiger partial charge in [0.05, 0.1) is 5.25 Å². The number of hydrogen-bond acceptors (Lipinski definition) is 6. The summed E-state index contributed by atoms with van der Waals surface area (Å²) in [6.45, 7) is 6.75. The third-order valence-corrected chi connectivity index (χ3v) is 7.04. The van der Waals surface area contributed by atoms with Crippen LogP contribution in [0.5, 0.6) is 0 Å². The highest BCUT2D eigenvalue weighted by atomic mass is 32.2. The lowest BCUT2D eigenvalue weighted by atomic mass is 10.00. The second-order valence-corrected chi connectivity index (χ2v) is 8.14.